The smallest absolute Gasteiger partial charge is 0.274 e. The first kappa shape index (κ1) is 18.3. The summed E-state index contributed by atoms with van der Waals surface area (Å²) >= 11 is 6.47. The Morgan fingerprint density at radius 1 is 1.21 bits per heavy atom. The first-order chi connectivity index (χ1) is 13.5. The van der Waals surface area contributed by atoms with Gasteiger partial charge in [-0.1, -0.05) is 48.9 Å². The van der Waals surface area contributed by atoms with Crippen LogP contribution in [0.5, 0.6) is 0 Å². The summed E-state index contributed by atoms with van der Waals surface area (Å²) in [6.45, 7) is 2.63. The van der Waals surface area contributed by atoms with Gasteiger partial charge in [-0.05, 0) is 18.6 Å². The van der Waals surface area contributed by atoms with Gasteiger partial charge >= 0.3 is 0 Å². The van der Waals surface area contributed by atoms with Crippen LogP contribution in [0.4, 0.5) is 0 Å². The normalized spacial score (nSPS) is 11.2. The zero-order valence-electron chi connectivity index (χ0n) is 15.6. The Balaban J connectivity index is 1.98. The number of fused-ring (bicyclic) bond motifs is 3. The minimum Gasteiger partial charge on any atom is -0.342 e. The van der Waals surface area contributed by atoms with Gasteiger partial charge in [0.1, 0.15) is 11.3 Å². The van der Waals surface area contributed by atoms with Crippen molar-refractivity contribution in [1.29, 1.82) is 0 Å². The fourth-order valence-corrected chi connectivity index (χ4v) is 3.63. The summed E-state index contributed by atoms with van der Waals surface area (Å²) in [5, 5.41) is 0.335. The molecule has 0 aliphatic carbocycles. The Hall–Kier alpha value is -3.12. The second kappa shape index (κ2) is 7.13. The van der Waals surface area contributed by atoms with Crippen LogP contribution in [-0.2, 0) is 0 Å². The first-order valence-corrected chi connectivity index (χ1v) is 9.43. The molecule has 0 spiro atoms. The lowest BCUT2D eigenvalue weighted by atomic mass is 10.1. The maximum atomic E-state index is 12.7. The minimum absolute atomic E-state index is 0.177. The van der Waals surface area contributed by atoms with Crippen molar-refractivity contribution in [2.75, 3.05) is 13.6 Å². The van der Waals surface area contributed by atoms with E-state index in [9.17, 15) is 9.59 Å². The molecular formula is C21H19ClN4O2. The fourth-order valence-electron chi connectivity index (χ4n) is 3.39. The molecule has 0 unspecified atom stereocenters. The van der Waals surface area contributed by atoms with Crippen LogP contribution in [0.2, 0.25) is 5.02 Å². The molecule has 1 amide bonds. The van der Waals surface area contributed by atoms with Crippen LogP contribution in [0.3, 0.4) is 0 Å². The summed E-state index contributed by atoms with van der Waals surface area (Å²) in [4.78, 5) is 34.2. The SMILES string of the molecule is CCCN(C)C(=O)c1cc2[nH]c(=O)c3cnc(-c4ccccc4)n3c2cc1Cl. The van der Waals surface area contributed by atoms with Crippen LogP contribution < -0.4 is 5.56 Å². The highest BCUT2D eigenvalue weighted by molar-refractivity contribution is 6.34. The monoisotopic (exact) mass is 394 g/mol. The number of rotatable bonds is 4. The number of amides is 1. The molecule has 1 N–H and O–H groups in total. The van der Waals surface area contributed by atoms with E-state index >= 15 is 0 Å². The van der Waals surface area contributed by atoms with Crippen molar-refractivity contribution < 1.29 is 4.79 Å². The lowest BCUT2D eigenvalue weighted by molar-refractivity contribution is 0.0795. The number of aromatic amines is 1. The molecule has 0 radical (unpaired) electrons. The average Bonchev–Trinajstić information content (AvgIpc) is 3.15. The number of hydrogen-bond donors (Lipinski definition) is 1. The van der Waals surface area contributed by atoms with Crippen LogP contribution in [-0.4, -0.2) is 38.8 Å². The molecule has 4 aromatic rings. The molecule has 0 aliphatic rings. The van der Waals surface area contributed by atoms with Gasteiger partial charge in [0, 0.05) is 19.2 Å². The van der Waals surface area contributed by atoms with E-state index in [1.165, 1.54) is 0 Å². The van der Waals surface area contributed by atoms with Gasteiger partial charge in [-0.25, -0.2) is 4.98 Å². The summed E-state index contributed by atoms with van der Waals surface area (Å²) in [5.74, 6) is 0.466. The number of nitrogens with zero attached hydrogens (tertiary/aromatic N) is 3. The second-order valence-electron chi connectivity index (χ2n) is 6.70. The molecule has 142 valence electrons. The molecular weight excluding hydrogens is 376 g/mol. The number of benzene rings is 2. The Kier molecular flexibility index (Phi) is 4.65. The summed E-state index contributed by atoms with van der Waals surface area (Å²) < 4.78 is 1.78. The van der Waals surface area contributed by atoms with E-state index in [0.717, 1.165) is 12.0 Å². The van der Waals surface area contributed by atoms with Crippen LogP contribution >= 0.6 is 11.6 Å². The van der Waals surface area contributed by atoms with E-state index in [2.05, 4.69) is 9.97 Å². The van der Waals surface area contributed by atoms with Crippen LogP contribution in [0, 0.1) is 0 Å². The Morgan fingerprint density at radius 2 is 1.96 bits per heavy atom. The molecule has 28 heavy (non-hydrogen) atoms. The van der Waals surface area contributed by atoms with Gasteiger partial charge in [-0.3, -0.25) is 14.0 Å². The number of H-pyrrole nitrogens is 1. The third kappa shape index (κ3) is 2.96. The molecule has 7 heteroatoms. The summed E-state index contributed by atoms with van der Waals surface area (Å²) in [5.41, 5.74) is 2.61. The number of nitrogens with one attached hydrogen (secondary N) is 1. The average molecular weight is 395 g/mol. The van der Waals surface area contributed by atoms with Gasteiger partial charge < -0.3 is 9.88 Å². The van der Waals surface area contributed by atoms with Crippen molar-refractivity contribution in [2.45, 2.75) is 13.3 Å². The molecule has 0 saturated carbocycles. The second-order valence-corrected chi connectivity index (χ2v) is 7.11. The maximum absolute atomic E-state index is 12.7. The predicted molar refractivity (Wildman–Crippen MR) is 111 cm³/mol. The van der Waals surface area contributed by atoms with E-state index < -0.39 is 0 Å². The lowest BCUT2D eigenvalue weighted by Crippen LogP contribution is -2.27. The maximum Gasteiger partial charge on any atom is 0.274 e. The van der Waals surface area contributed by atoms with Crippen molar-refractivity contribution >= 4 is 34.1 Å². The Labute approximate surface area is 166 Å². The van der Waals surface area contributed by atoms with Crippen molar-refractivity contribution in [3.05, 3.63) is 69.6 Å². The molecule has 4 rings (SSSR count). The van der Waals surface area contributed by atoms with E-state index in [1.54, 1.807) is 34.7 Å². The number of hydrogen-bond acceptors (Lipinski definition) is 3. The van der Waals surface area contributed by atoms with Gasteiger partial charge in [-0.15, -0.1) is 0 Å². The minimum atomic E-state index is -0.273. The van der Waals surface area contributed by atoms with Gasteiger partial charge in [0.15, 0.2) is 0 Å². The summed E-state index contributed by atoms with van der Waals surface area (Å²) in [6.07, 6.45) is 2.39. The van der Waals surface area contributed by atoms with Gasteiger partial charge in [-0.2, -0.15) is 0 Å². The molecule has 0 fully saturated rings. The van der Waals surface area contributed by atoms with Crippen molar-refractivity contribution in [2.24, 2.45) is 0 Å². The van der Waals surface area contributed by atoms with E-state index in [4.69, 9.17) is 11.6 Å². The van der Waals surface area contributed by atoms with E-state index in [0.29, 0.717) is 39.5 Å². The first-order valence-electron chi connectivity index (χ1n) is 9.05. The van der Waals surface area contributed by atoms with Crippen LogP contribution in [0.1, 0.15) is 23.7 Å². The number of carbonyl (C=O) groups excluding carboxylic acids is 1. The van der Waals surface area contributed by atoms with Crippen LogP contribution in [0.15, 0.2) is 53.5 Å². The topological polar surface area (TPSA) is 70.5 Å². The number of halogens is 1. The molecule has 0 aliphatic heterocycles. The highest BCUT2D eigenvalue weighted by atomic mass is 35.5. The predicted octanol–water partition coefficient (Wildman–Crippen LogP) is 3.98. The standard InChI is InChI=1S/C21H19ClN4O2/c1-3-9-25(2)21(28)14-10-16-17(11-15(14)22)26-18(20(27)24-16)12-23-19(26)13-7-5-4-6-8-13/h4-8,10-12H,3,9H2,1-2H3,(H,24,27). The number of carbonyl (C=O) groups is 1. The molecule has 0 bridgehead atoms. The summed E-state index contributed by atoms with van der Waals surface area (Å²) in [6, 6.07) is 13.0. The third-order valence-electron chi connectivity index (χ3n) is 4.74. The molecule has 2 aromatic heterocycles. The Morgan fingerprint density at radius 3 is 2.68 bits per heavy atom. The highest BCUT2D eigenvalue weighted by Crippen LogP contribution is 2.27. The molecule has 0 saturated heterocycles. The molecule has 6 nitrogen and oxygen atoms in total. The third-order valence-corrected chi connectivity index (χ3v) is 5.05. The molecule has 2 aromatic carbocycles. The quantitative estimate of drug-likeness (QED) is 0.569. The zero-order chi connectivity index (χ0) is 19.8. The fraction of sp³-hybridized carbons (Fsp3) is 0.190. The van der Waals surface area contributed by atoms with Gasteiger partial charge in [0.05, 0.1) is 27.8 Å². The van der Waals surface area contributed by atoms with Gasteiger partial charge in [0.2, 0.25) is 0 Å². The van der Waals surface area contributed by atoms with Crippen molar-refractivity contribution in [1.82, 2.24) is 19.3 Å². The highest BCUT2D eigenvalue weighted by Gasteiger charge is 2.19. The lowest BCUT2D eigenvalue weighted by Gasteiger charge is -2.17. The Bertz CT molecular complexity index is 1240. The van der Waals surface area contributed by atoms with Crippen molar-refractivity contribution in [3.8, 4) is 11.4 Å². The molecule has 2 heterocycles. The van der Waals surface area contributed by atoms with E-state index in [1.807, 2.05) is 37.3 Å². The van der Waals surface area contributed by atoms with Crippen molar-refractivity contribution in [3.63, 3.8) is 0 Å². The molecule has 0 atom stereocenters. The number of imidazole rings is 1. The summed E-state index contributed by atoms with van der Waals surface area (Å²) in [7, 11) is 1.74. The largest absolute Gasteiger partial charge is 0.342 e. The zero-order valence-corrected chi connectivity index (χ0v) is 16.3. The van der Waals surface area contributed by atoms with E-state index in [-0.39, 0.29) is 11.5 Å². The number of aromatic nitrogens is 3. The van der Waals surface area contributed by atoms with Crippen LogP contribution in [0.25, 0.3) is 27.9 Å². The van der Waals surface area contributed by atoms with Gasteiger partial charge in [0.25, 0.3) is 11.5 Å².